The van der Waals surface area contributed by atoms with Crippen molar-refractivity contribution in [2.24, 2.45) is 5.41 Å². The summed E-state index contributed by atoms with van der Waals surface area (Å²) in [6.07, 6.45) is 0. The lowest BCUT2D eigenvalue weighted by molar-refractivity contribution is -0.142. The van der Waals surface area contributed by atoms with Gasteiger partial charge in [-0.1, -0.05) is 6.92 Å². The largest absolute Gasteiger partial charge is 0.340 e. The molecule has 0 aromatic heterocycles. The highest BCUT2D eigenvalue weighted by molar-refractivity contribution is 5.82. The molecule has 19 heavy (non-hydrogen) atoms. The van der Waals surface area contributed by atoms with Crippen LogP contribution in [0.1, 0.15) is 41.5 Å². The van der Waals surface area contributed by atoms with Crippen LogP contribution in [0.2, 0.25) is 0 Å². The lowest BCUT2D eigenvalue weighted by Crippen LogP contribution is -2.55. The Morgan fingerprint density at radius 3 is 2.11 bits per heavy atom. The predicted octanol–water partition coefficient (Wildman–Crippen LogP) is 1.56. The molecule has 0 radical (unpaired) electrons. The molecule has 1 rings (SSSR count). The van der Waals surface area contributed by atoms with Gasteiger partial charge in [0, 0.05) is 38.3 Å². The van der Waals surface area contributed by atoms with Crippen LogP contribution < -0.4 is 5.32 Å². The Kier molecular flexibility index (Phi) is 5.39. The fourth-order valence-corrected chi connectivity index (χ4v) is 2.66. The number of piperazine rings is 1. The summed E-state index contributed by atoms with van der Waals surface area (Å²) in [6.45, 7) is 18.2. The first-order chi connectivity index (χ1) is 8.68. The highest BCUT2D eigenvalue weighted by atomic mass is 16.2. The van der Waals surface area contributed by atoms with E-state index in [1.54, 1.807) is 0 Å². The Labute approximate surface area is 118 Å². The van der Waals surface area contributed by atoms with Gasteiger partial charge >= 0.3 is 0 Å². The molecular formula is C15H31N3O. The van der Waals surface area contributed by atoms with Crippen molar-refractivity contribution in [3.05, 3.63) is 0 Å². The Balaban J connectivity index is 2.70. The van der Waals surface area contributed by atoms with Gasteiger partial charge in [-0.3, -0.25) is 9.69 Å². The van der Waals surface area contributed by atoms with Crippen LogP contribution in [-0.4, -0.2) is 60.5 Å². The van der Waals surface area contributed by atoms with Crippen molar-refractivity contribution < 1.29 is 4.79 Å². The van der Waals surface area contributed by atoms with Gasteiger partial charge in [0.15, 0.2) is 0 Å². The van der Waals surface area contributed by atoms with Gasteiger partial charge in [-0.2, -0.15) is 0 Å². The Hall–Kier alpha value is -0.610. The highest BCUT2D eigenvalue weighted by Crippen LogP contribution is 2.25. The zero-order chi connectivity index (χ0) is 14.7. The van der Waals surface area contributed by atoms with Crippen molar-refractivity contribution in [2.45, 2.75) is 47.1 Å². The van der Waals surface area contributed by atoms with E-state index >= 15 is 0 Å². The van der Waals surface area contributed by atoms with Crippen molar-refractivity contribution in [3.63, 3.8) is 0 Å². The van der Waals surface area contributed by atoms with Crippen molar-refractivity contribution >= 4 is 5.91 Å². The van der Waals surface area contributed by atoms with E-state index in [4.69, 9.17) is 0 Å². The van der Waals surface area contributed by atoms with E-state index in [0.717, 1.165) is 39.3 Å². The summed E-state index contributed by atoms with van der Waals surface area (Å²) in [7, 11) is 0. The molecule has 1 fully saturated rings. The normalized spacial score (nSPS) is 17.9. The van der Waals surface area contributed by atoms with Crippen LogP contribution in [-0.2, 0) is 4.79 Å². The average Bonchev–Trinajstić information content (AvgIpc) is 2.34. The minimum absolute atomic E-state index is 0.107. The van der Waals surface area contributed by atoms with Crippen molar-refractivity contribution in [1.29, 1.82) is 0 Å². The molecule has 0 spiro atoms. The summed E-state index contributed by atoms with van der Waals surface area (Å²) in [5, 5.41) is 3.29. The van der Waals surface area contributed by atoms with Crippen LogP contribution >= 0.6 is 0 Å². The summed E-state index contributed by atoms with van der Waals surface area (Å²) in [4.78, 5) is 17.1. The second-order valence-corrected chi connectivity index (χ2v) is 7.11. The molecule has 0 saturated carbocycles. The number of rotatable bonds is 4. The second-order valence-electron chi connectivity index (χ2n) is 7.11. The highest BCUT2D eigenvalue weighted by Gasteiger charge is 2.36. The number of hydrogen-bond acceptors (Lipinski definition) is 3. The Morgan fingerprint density at radius 1 is 1.16 bits per heavy atom. The van der Waals surface area contributed by atoms with E-state index in [9.17, 15) is 4.79 Å². The molecule has 0 aliphatic carbocycles. The van der Waals surface area contributed by atoms with Crippen LogP contribution in [0.5, 0.6) is 0 Å². The number of nitrogens with zero attached hydrogens (tertiary/aromatic N) is 2. The van der Waals surface area contributed by atoms with E-state index in [0.29, 0.717) is 0 Å². The fourth-order valence-electron chi connectivity index (χ4n) is 2.66. The molecule has 1 amide bonds. The molecule has 0 aromatic rings. The molecule has 0 aromatic carbocycles. The van der Waals surface area contributed by atoms with Gasteiger partial charge in [-0.05, 0) is 41.2 Å². The summed E-state index contributed by atoms with van der Waals surface area (Å²) in [5.41, 5.74) is -0.212. The first kappa shape index (κ1) is 16.4. The van der Waals surface area contributed by atoms with Crippen molar-refractivity contribution in [1.82, 2.24) is 15.1 Å². The van der Waals surface area contributed by atoms with Gasteiger partial charge in [-0.15, -0.1) is 0 Å². The third kappa shape index (κ3) is 4.46. The second kappa shape index (κ2) is 6.23. The van der Waals surface area contributed by atoms with Gasteiger partial charge in [0.1, 0.15) is 0 Å². The maximum Gasteiger partial charge on any atom is 0.229 e. The summed E-state index contributed by atoms with van der Waals surface area (Å²) in [5.74, 6) is 0.289. The maximum atomic E-state index is 12.7. The zero-order valence-corrected chi connectivity index (χ0v) is 13.5. The number of carbonyl (C=O) groups is 1. The maximum absolute atomic E-state index is 12.7. The quantitative estimate of drug-likeness (QED) is 0.841. The van der Waals surface area contributed by atoms with Crippen molar-refractivity contribution in [3.8, 4) is 0 Å². The number of carbonyl (C=O) groups excluding carboxylic acids is 1. The molecule has 1 saturated heterocycles. The minimum atomic E-state index is -0.319. The first-order valence-electron chi connectivity index (χ1n) is 7.43. The fraction of sp³-hybridized carbons (Fsp3) is 0.933. The number of nitrogens with one attached hydrogen (secondary N) is 1. The zero-order valence-electron chi connectivity index (χ0n) is 13.5. The summed E-state index contributed by atoms with van der Waals surface area (Å²) >= 11 is 0. The molecule has 4 heteroatoms. The van der Waals surface area contributed by atoms with E-state index in [1.807, 2.05) is 4.90 Å². The Bertz CT molecular complexity index is 301. The number of hydrogen-bond donors (Lipinski definition) is 1. The van der Waals surface area contributed by atoms with Crippen molar-refractivity contribution in [2.75, 3.05) is 39.3 Å². The third-order valence-electron chi connectivity index (χ3n) is 3.90. The van der Waals surface area contributed by atoms with Gasteiger partial charge in [0.2, 0.25) is 5.91 Å². The molecular weight excluding hydrogens is 238 g/mol. The molecule has 112 valence electrons. The molecule has 4 nitrogen and oxygen atoms in total. The molecule has 0 unspecified atom stereocenters. The van der Waals surface area contributed by atoms with Gasteiger partial charge in [0.05, 0.1) is 5.41 Å². The SMILES string of the molecule is CCN(CC(C)(C)C(=O)N1CCNCC1)C(C)(C)C. The van der Waals surface area contributed by atoms with Crippen LogP contribution in [0.15, 0.2) is 0 Å². The van der Waals surface area contributed by atoms with E-state index in [1.165, 1.54) is 0 Å². The first-order valence-corrected chi connectivity index (χ1v) is 7.43. The monoisotopic (exact) mass is 269 g/mol. The van der Waals surface area contributed by atoms with E-state index in [2.05, 4.69) is 51.8 Å². The smallest absolute Gasteiger partial charge is 0.229 e. The van der Waals surface area contributed by atoms with Gasteiger partial charge < -0.3 is 10.2 Å². The topological polar surface area (TPSA) is 35.6 Å². The summed E-state index contributed by atoms with van der Waals surface area (Å²) in [6, 6.07) is 0. The molecule has 0 bridgehead atoms. The van der Waals surface area contributed by atoms with Crippen LogP contribution in [0, 0.1) is 5.41 Å². The molecule has 1 aliphatic rings. The van der Waals surface area contributed by atoms with Crippen LogP contribution in [0.25, 0.3) is 0 Å². The molecule has 1 aliphatic heterocycles. The number of amides is 1. The van der Waals surface area contributed by atoms with Crippen LogP contribution in [0.4, 0.5) is 0 Å². The molecule has 0 atom stereocenters. The third-order valence-corrected chi connectivity index (χ3v) is 3.90. The average molecular weight is 269 g/mol. The lowest BCUT2D eigenvalue weighted by atomic mass is 9.88. The predicted molar refractivity (Wildman–Crippen MR) is 80.2 cm³/mol. The van der Waals surface area contributed by atoms with Crippen LogP contribution in [0.3, 0.4) is 0 Å². The summed E-state index contributed by atoms with van der Waals surface area (Å²) < 4.78 is 0. The Morgan fingerprint density at radius 2 is 1.68 bits per heavy atom. The lowest BCUT2D eigenvalue weighted by Gasteiger charge is -2.42. The minimum Gasteiger partial charge on any atom is -0.340 e. The molecule has 1 heterocycles. The molecule has 1 N–H and O–H groups in total. The van der Waals surface area contributed by atoms with E-state index < -0.39 is 0 Å². The standard InChI is InChI=1S/C15H31N3O/c1-7-18(14(2,3)4)12-15(5,6)13(19)17-10-8-16-9-11-17/h16H,7-12H2,1-6H3. The van der Waals surface area contributed by atoms with Gasteiger partial charge in [-0.25, -0.2) is 0 Å². The van der Waals surface area contributed by atoms with Gasteiger partial charge in [0.25, 0.3) is 0 Å². The van der Waals surface area contributed by atoms with E-state index in [-0.39, 0.29) is 16.9 Å².